The molecule has 1 aliphatic rings. The maximum atomic E-state index is 13.9. The number of carbonyl (C=O) groups is 1. The average molecular weight is 392 g/mol. The molecule has 0 radical (unpaired) electrons. The van der Waals surface area contributed by atoms with Crippen molar-refractivity contribution in [3.05, 3.63) is 64.9 Å². The summed E-state index contributed by atoms with van der Waals surface area (Å²) in [5.41, 5.74) is -0.115. The van der Waals surface area contributed by atoms with E-state index in [4.69, 9.17) is 0 Å². The van der Waals surface area contributed by atoms with E-state index in [1.807, 2.05) is 0 Å². The van der Waals surface area contributed by atoms with Gasteiger partial charge < -0.3 is 4.90 Å². The highest BCUT2D eigenvalue weighted by Gasteiger charge is 2.36. The van der Waals surface area contributed by atoms with E-state index in [-0.39, 0.29) is 29.4 Å². The molecule has 146 valence electrons. The fourth-order valence-electron chi connectivity index (χ4n) is 3.51. The number of hydrogen-bond acceptors (Lipinski definition) is 3. The van der Waals surface area contributed by atoms with Crippen LogP contribution in [0.25, 0.3) is 5.65 Å². The largest absolute Gasteiger partial charge is 0.433 e. The Labute approximate surface area is 157 Å². The molecule has 1 saturated heterocycles. The van der Waals surface area contributed by atoms with Gasteiger partial charge in [-0.3, -0.25) is 4.79 Å². The van der Waals surface area contributed by atoms with E-state index in [1.165, 1.54) is 36.1 Å². The number of benzene rings is 1. The van der Waals surface area contributed by atoms with Crippen molar-refractivity contribution in [2.24, 2.45) is 0 Å². The maximum Gasteiger partial charge on any atom is 0.433 e. The minimum absolute atomic E-state index is 0.0187. The van der Waals surface area contributed by atoms with Crippen molar-refractivity contribution in [2.45, 2.75) is 25.4 Å². The predicted molar refractivity (Wildman–Crippen MR) is 92.4 cm³/mol. The fourth-order valence-corrected chi connectivity index (χ4v) is 3.51. The van der Waals surface area contributed by atoms with Crippen LogP contribution in [0.1, 0.15) is 39.8 Å². The lowest BCUT2D eigenvalue weighted by molar-refractivity contribution is -0.142. The van der Waals surface area contributed by atoms with Crippen LogP contribution in [0.5, 0.6) is 0 Å². The van der Waals surface area contributed by atoms with E-state index < -0.39 is 23.6 Å². The number of likely N-dealkylation sites (tertiary alicyclic amines) is 1. The van der Waals surface area contributed by atoms with Crippen molar-refractivity contribution in [1.29, 1.82) is 0 Å². The quantitative estimate of drug-likeness (QED) is 0.623. The van der Waals surface area contributed by atoms with Gasteiger partial charge in [0.25, 0.3) is 5.91 Å². The number of halogens is 4. The summed E-state index contributed by atoms with van der Waals surface area (Å²) in [6.07, 6.45) is -4.03. The van der Waals surface area contributed by atoms with Crippen LogP contribution in [0.3, 0.4) is 0 Å². The molecule has 1 aromatic carbocycles. The summed E-state index contributed by atoms with van der Waals surface area (Å²) in [5.74, 6) is -1.27. The summed E-state index contributed by atoms with van der Waals surface area (Å²) < 4.78 is 54.6. The number of aryl methyl sites for hydroxylation is 1. The van der Waals surface area contributed by atoms with Crippen molar-refractivity contribution >= 4 is 11.6 Å². The van der Waals surface area contributed by atoms with E-state index >= 15 is 0 Å². The molecule has 2 aromatic heterocycles. The third-order valence-electron chi connectivity index (χ3n) is 4.86. The van der Waals surface area contributed by atoms with Crippen LogP contribution in [0.2, 0.25) is 0 Å². The summed E-state index contributed by atoms with van der Waals surface area (Å²) in [6, 6.07) is 8.19. The van der Waals surface area contributed by atoms with Crippen molar-refractivity contribution in [3.8, 4) is 0 Å². The first-order chi connectivity index (χ1) is 13.2. The van der Waals surface area contributed by atoms with E-state index in [0.717, 1.165) is 10.6 Å². The Bertz CT molecular complexity index is 1060. The average Bonchev–Trinajstić information content (AvgIpc) is 3.26. The Morgan fingerprint density at radius 3 is 2.68 bits per heavy atom. The number of amides is 1. The second kappa shape index (κ2) is 6.57. The van der Waals surface area contributed by atoms with Crippen LogP contribution in [-0.2, 0) is 6.18 Å². The van der Waals surface area contributed by atoms with Gasteiger partial charge in [-0.05, 0) is 31.5 Å². The van der Waals surface area contributed by atoms with Gasteiger partial charge in [0.15, 0.2) is 5.65 Å². The third kappa shape index (κ3) is 3.21. The van der Waals surface area contributed by atoms with Crippen LogP contribution in [0.4, 0.5) is 17.6 Å². The molecule has 4 rings (SSSR count). The Kier molecular flexibility index (Phi) is 4.32. The normalized spacial score (nSPS) is 17.5. The smallest absolute Gasteiger partial charge is 0.338 e. The monoisotopic (exact) mass is 392 g/mol. The molecule has 0 N–H and O–H groups in total. The molecule has 3 heterocycles. The molecule has 1 unspecified atom stereocenters. The van der Waals surface area contributed by atoms with Gasteiger partial charge >= 0.3 is 6.18 Å². The zero-order chi connectivity index (χ0) is 20.1. The highest BCUT2D eigenvalue weighted by Crippen LogP contribution is 2.32. The van der Waals surface area contributed by atoms with Gasteiger partial charge in [0.2, 0.25) is 0 Å². The van der Waals surface area contributed by atoms with E-state index in [9.17, 15) is 22.4 Å². The minimum Gasteiger partial charge on any atom is -0.338 e. The fraction of sp³-hybridized carbons (Fsp3) is 0.316. The Balaban J connectivity index is 1.62. The summed E-state index contributed by atoms with van der Waals surface area (Å²) in [5, 5.41) is 4.11. The number of rotatable bonds is 2. The lowest BCUT2D eigenvalue weighted by Gasteiger charge is -2.16. The van der Waals surface area contributed by atoms with E-state index in [1.54, 1.807) is 6.07 Å². The first-order valence-corrected chi connectivity index (χ1v) is 8.72. The molecule has 28 heavy (non-hydrogen) atoms. The summed E-state index contributed by atoms with van der Waals surface area (Å²) in [4.78, 5) is 18.2. The molecule has 0 bridgehead atoms. The molecule has 0 aliphatic carbocycles. The van der Waals surface area contributed by atoms with Gasteiger partial charge in [-0.2, -0.15) is 18.3 Å². The van der Waals surface area contributed by atoms with Crippen LogP contribution in [0, 0.1) is 12.7 Å². The van der Waals surface area contributed by atoms with Gasteiger partial charge in [0, 0.05) is 30.8 Å². The van der Waals surface area contributed by atoms with Gasteiger partial charge in [-0.25, -0.2) is 13.9 Å². The molecular weight excluding hydrogens is 376 g/mol. The first-order valence-electron chi connectivity index (χ1n) is 8.72. The zero-order valence-corrected chi connectivity index (χ0v) is 14.9. The Hall–Kier alpha value is -2.97. The van der Waals surface area contributed by atoms with Crippen molar-refractivity contribution in [1.82, 2.24) is 19.5 Å². The second-order valence-corrected chi connectivity index (χ2v) is 6.84. The number of hydrogen-bond donors (Lipinski definition) is 0. The Morgan fingerprint density at radius 2 is 1.96 bits per heavy atom. The van der Waals surface area contributed by atoms with Crippen LogP contribution in [0.15, 0.2) is 36.4 Å². The maximum absolute atomic E-state index is 13.9. The third-order valence-corrected chi connectivity index (χ3v) is 4.86. The number of alkyl halides is 3. The van der Waals surface area contributed by atoms with Crippen molar-refractivity contribution in [2.75, 3.05) is 13.1 Å². The van der Waals surface area contributed by atoms with Gasteiger partial charge in [0.05, 0.1) is 11.3 Å². The molecule has 0 spiro atoms. The second-order valence-electron chi connectivity index (χ2n) is 6.84. The molecule has 1 amide bonds. The minimum atomic E-state index is -4.56. The summed E-state index contributed by atoms with van der Waals surface area (Å²) in [7, 11) is 0. The van der Waals surface area contributed by atoms with Crippen LogP contribution < -0.4 is 0 Å². The highest BCUT2D eigenvalue weighted by molar-refractivity contribution is 5.94. The van der Waals surface area contributed by atoms with Crippen molar-refractivity contribution < 1.29 is 22.4 Å². The molecule has 3 aromatic rings. The van der Waals surface area contributed by atoms with E-state index in [2.05, 4.69) is 10.1 Å². The number of carbonyl (C=O) groups excluding carboxylic acids is 1. The Morgan fingerprint density at radius 1 is 1.21 bits per heavy atom. The summed E-state index contributed by atoms with van der Waals surface area (Å²) in [6.45, 7) is 2.13. The lowest BCUT2D eigenvalue weighted by Crippen LogP contribution is -2.29. The lowest BCUT2D eigenvalue weighted by atomic mass is 10.1. The standard InChI is InChI=1S/C19H16F4N4O/c1-11-8-16(19(21,22)23)27-17(24-11)9-15(25-27)12-6-7-26(10-12)18(28)13-4-2-3-5-14(13)20/h2-5,8-9,12H,6-7,10H2,1H3. The van der Waals surface area contributed by atoms with Crippen molar-refractivity contribution in [3.63, 3.8) is 0 Å². The molecule has 1 atom stereocenters. The molecule has 5 nitrogen and oxygen atoms in total. The van der Waals surface area contributed by atoms with Gasteiger partial charge in [0.1, 0.15) is 11.5 Å². The molecule has 0 saturated carbocycles. The van der Waals surface area contributed by atoms with Crippen LogP contribution in [-0.4, -0.2) is 38.5 Å². The zero-order valence-electron chi connectivity index (χ0n) is 14.9. The molecule has 9 heteroatoms. The first kappa shape index (κ1) is 18.4. The van der Waals surface area contributed by atoms with E-state index in [0.29, 0.717) is 18.7 Å². The number of aromatic nitrogens is 3. The predicted octanol–water partition coefficient (Wildman–Crippen LogP) is 3.83. The van der Waals surface area contributed by atoms with Gasteiger partial charge in [-0.1, -0.05) is 12.1 Å². The SMILES string of the molecule is Cc1cc(C(F)(F)F)n2nc(C3CCN(C(=O)c4ccccc4F)C3)cc2n1. The summed E-state index contributed by atoms with van der Waals surface area (Å²) >= 11 is 0. The molecule has 1 fully saturated rings. The van der Waals surface area contributed by atoms with Crippen LogP contribution >= 0.6 is 0 Å². The molecule has 1 aliphatic heterocycles. The number of fused-ring (bicyclic) bond motifs is 1. The molecular formula is C19H16F4N4O. The highest BCUT2D eigenvalue weighted by atomic mass is 19.4. The van der Waals surface area contributed by atoms with Gasteiger partial charge in [-0.15, -0.1) is 0 Å². The number of nitrogens with zero attached hydrogens (tertiary/aromatic N) is 4. The topological polar surface area (TPSA) is 50.5 Å².